The van der Waals surface area contributed by atoms with Gasteiger partial charge < -0.3 is 4.74 Å². The molecular formula is C8H14NO2. The fourth-order valence-corrected chi connectivity index (χ4v) is 0.914. The van der Waals surface area contributed by atoms with Crippen LogP contribution < -0.4 is 5.32 Å². The Kier molecular flexibility index (Phi) is 3.20. The topological polar surface area (TPSA) is 40.4 Å². The maximum atomic E-state index is 10.7. The number of rotatable bonds is 4. The van der Waals surface area contributed by atoms with Crippen molar-refractivity contribution in [2.45, 2.75) is 26.2 Å². The summed E-state index contributed by atoms with van der Waals surface area (Å²) in [4.78, 5) is 10.7. The third-order valence-electron chi connectivity index (χ3n) is 1.74. The predicted molar refractivity (Wildman–Crippen MR) is 41.4 cm³/mol. The van der Waals surface area contributed by atoms with Gasteiger partial charge in [-0.25, -0.2) is 10.1 Å². The van der Waals surface area contributed by atoms with E-state index in [1.54, 1.807) is 6.92 Å². The van der Waals surface area contributed by atoms with Crippen molar-refractivity contribution in [3.05, 3.63) is 0 Å². The number of carbonyl (C=O) groups is 1. The molecule has 0 heterocycles. The first-order chi connectivity index (χ1) is 5.33. The van der Waals surface area contributed by atoms with Gasteiger partial charge in [0, 0.05) is 6.54 Å². The van der Waals surface area contributed by atoms with Crippen molar-refractivity contribution in [1.29, 1.82) is 0 Å². The van der Waals surface area contributed by atoms with E-state index in [1.807, 2.05) is 0 Å². The summed E-state index contributed by atoms with van der Waals surface area (Å²) in [6.07, 6.45) is 3.28. The molecule has 1 amide bonds. The molecule has 0 spiro atoms. The SMILES string of the molecule is CCOC(=O)[N]CCC1CC1. The monoisotopic (exact) mass is 156 g/mol. The second kappa shape index (κ2) is 4.21. The van der Waals surface area contributed by atoms with Crippen LogP contribution in [-0.2, 0) is 4.74 Å². The lowest BCUT2D eigenvalue weighted by molar-refractivity contribution is 0.151. The lowest BCUT2D eigenvalue weighted by Crippen LogP contribution is -2.18. The molecule has 1 aliphatic carbocycles. The first-order valence-electron chi connectivity index (χ1n) is 4.17. The Labute approximate surface area is 67.1 Å². The van der Waals surface area contributed by atoms with Crippen LogP contribution in [-0.4, -0.2) is 19.2 Å². The molecule has 0 bridgehead atoms. The lowest BCUT2D eigenvalue weighted by Gasteiger charge is -2.00. The van der Waals surface area contributed by atoms with E-state index in [0.717, 1.165) is 12.3 Å². The molecule has 0 atom stereocenters. The minimum Gasteiger partial charge on any atom is -0.448 e. The van der Waals surface area contributed by atoms with Gasteiger partial charge in [0.1, 0.15) is 0 Å². The van der Waals surface area contributed by atoms with Crippen molar-refractivity contribution in [3.63, 3.8) is 0 Å². The molecule has 11 heavy (non-hydrogen) atoms. The molecule has 0 aromatic carbocycles. The maximum absolute atomic E-state index is 10.7. The number of carbonyl (C=O) groups excluding carboxylic acids is 1. The normalized spacial score (nSPS) is 16.1. The van der Waals surface area contributed by atoms with Gasteiger partial charge >= 0.3 is 6.09 Å². The lowest BCUT2D eigenvalue weighted by atomic mass is 10.3. The molecule has 3 heteroatoms. The summed E-state index contributed by atoms with van der Waals surface area (Å²) in [6, 6.07) is 0. The minimum atomic E-state index is -0.409. The number of hydrogen-bond donors (Lipinski definition) is 0. The molecule has 0 aromatic heterocycles. The van der Waals surface area contributed by atoms with Crippen molar-refractivity contribution in [3.8, 4) is 0 Å². The Morgan fingerprint density at radius 1 is 1.64 bits per heavy atom. The van der Waals surface area contributed by atoms with E-state index in [-0.39, 0.29) is 0 Å². The van der Waals surface area contributed by atoms with Gasteiger partial charge in [-0.05, 0) is 19.3 Å². The van der Waals surface area contributed by atoms with Gasteiger partial charge in [0.15, 0.2) is 0 Å². The summed E-state index contributed by atoms with van der Waals surface area (Å²) in [5.74, 6) is 0.841. The standard InChI is InChI=1S/C8H14NO2/c1-2-11-8(10)9-6-5-7-3-4-7/h7H,2-6H2,1H3. The van der Waals surface area contributed by atoms with Crippen molar-refractivity contribution in [1.82, 2.24) is 5.32 Å². The van der Waals surface area contributed by atoms with E-state index in [2.05, 4.69) is 10.1 Å². The van der Waals surface area contributed by atoms with Gasteiger partial charge in [0.25, 0.3) is 0 Å². The largest absolute Gasteiger partial charge is 0.448 e. The quantitative estimate of drug-likeness (QED) is 0.619. The number of nitrogens with zero attached hydrogens (tertiary/aromatic N) is 1. The number of amides is 1. The van der Waals surface area contributed by atoms with E-state index in [0.29, 0.717) is 13.2 Å². The fourth-order valence-electron chi connectivity index (χ4n) is 0.914. The Bertz CT molecular complexity index is 132. The zero-order chi connectivity index (χ0) is 8.10. The van der Waals surface area contributed by atoms with E-state index < -0.39 is 6.09 Å². The highest BCUT2D eigenvalue weighted by Gasteiger charge is 2.20. The number of ether oxygens (including phenoxy) is 1. The van der Waals surface area contributed by atoms with Crippen LogP contribution in [0.25, 0.3) is 0 Å². The summed E-state index contributed by atoms with van der Waals surface area (Å²) in [5.41, 5.74) is 0. The van der Waals surface area contributed by atoms with Crippen LogP contribution in [0.2, 0.25) is 0 Å². The van der Waals surface area contributed by atoms with Crippen molar-refractivity contribution < 1.29 is 9.53 Å². The van der Waals surface area contributed by atoms with Gasteiger partial charge in [0.2, 0.25) is 0 Å². The van der Waals surface area contributed by atoms with E-state index in [9.17, 15) is 4.79 Å². The second-order valence-electron chi connectivity index (χ2n) is 2.81. The highest BCUT2D eigenvalue weighted by molar-refractivity contribution is 5.66. The van der Waals surface area contributed by atoms with E-state index >= 15 is 0 Å². The molecule has 3 nitrogen and oxygen atoms in total. The molecule has 1 rings (SSSR count). The van der Waals surface area contributed by atoms with Gasteiger partial charge in [-0.1, -0.05) is 12.8 Å². The van der Waals surface area contributed by atoms with Gasteiger partial charge in [0.05, 0.1) is 6.61 Å². The molecule has 63 valence electrons. The van der Waals surface area contributed by atoms with Crippen LogP contribution >= 0.6 is 0 Å². The smallest absolute Gasteiger partial charge is 0.428 e. The fraction of sp³-hybridized carbons (Fsp3) is 0.875. The second-order valence-corrected chi connectivity index (χ2v) is 2.81. The average Bonchev–Trinajstić information content (AvgIpc) is 2.72. The van der Waals surface area contributed by atoms with Crippen LogP contribution in [0.1, 0.15) is 26.2 Å². The van der Waals surface area contributed by atoms with Crippen molar-refractivity contribution in [2.24, 2.45) is 5.92 Å². The molecule has 0 unspecified atom stereocenters. The molecule has 1 fully saturated rings. The average molecular weight is 156 g/mol. The van der Waals surface area contributed by atoms with E-state index in [1.165, 1.54) is 12.8 Å². The van der Waals surface area contributed by atoms with Crippen molar-refractivity contribution >= 4 is 6.09 Å². The summed E-state index contributed by atoms with van der Waals surface area (Å²) in [7, 11) is 0. The summed E-state index contributed by atoms with van der Waals surface area (Å²) in [5, 5.41) is 3.73. The van der Waals surface area contributed by atoms with Gasteiger partial charge in [-0.2, -0.15) is 0 Å². The third kappa shape index (κ3) is 3.86. The number of hydrogen-bond acceptors (Lipinski definition) is 2. The minimum absolute atomic E-state index is 0.409. The van der Waals surface area contributed by atoms with Crippen LogP contribution in [0.5, 0.6) is 0 Å². The Morgan fingerprint density at radius 2 is 2.36 bits per heavy atom. The molecule has 0 saturated heterocycles. The first-order valence-corrected chi connectivity index (χ1v) is 4.17. The van der Waals surface area contributed by atoms with Crippen LogP contribution in [0.3, 0.4) is 0 Å². The predicted octanol–water partition coefficient (Wildman–Crippen LogP) is 1.55. The Hall–Kier alpha value is -0.730. The van der Waals surface area contributed by atoms with Crippen molar-refractivity contribution in [2.75, 3.05) is 13.2 Å². The molecule has 1 saturated carbocycles. The van der Waals surface area contributed by atoms with Crippen LogP contribution in [0.15, 0.2) is 0 Å². The molecular weight excluding hydrogens is 142 g/mol. The summed E-state index contributed by atoms with van der Waals surface area (Å²) >= 11 is 0. The zero-order valence-corrected chi connectivity index (χ0v) is 6.88. The van der Waals surface area contributed by atoms with Crippen LogP contribution in [0, 0.1) is 5.92 Å². The molecule has 1 radical (unpaired) electrons. The van der Waals surface area contributed by atoms with Crippen LogP contribution in [0.4, 0.5) is 4.79 Å². The Balaban J connectivity index is 1.88. The Morgan fingerprint density at radius 3 is 2.91 bits per heavy atom. The molecule has 0 aliphatic heterocycles. The van der Waals surface area contributed by atoms with Gasteiger partial charge in [-0.15, -0.1) is 0 Å². The third-order valence-corrected chi connectivity index (χ3v) is 1.74. The maximum Gasteiger partial charge on any atom is 0.428 e. The zero-order valence-electron chi connectivity index (χ0n) is 6.88. The van der Waals surface area contributed by atoms with E-state index in [4.69, 9.17) is 0 Å². The summed E-state index contributed by atoms with van der Waals surface area (Å²) < 4.78 is 4.64. The highest BCUT2D eigenvalue weighted by Crippen LogP contribution is 2.31. The summed E-state index contributed by atoms with van der Waals surface area (Å²) in [6.45, 7) is 2.85. The highest BCUT2D eigenvalue weighted by atomic mass is 16.5. The molecule has 1 aliphatic rings. The first kappa shape index (κ1) is 8.37. The molecule has 0 aromatic rings. The van der Waals surface area contributed by atoms with Gasteiger partial charge in [-0.3, -0.25) is 0 Å². The molecule has 0 N–H and O–H groups in total.